The molecular weight excluding hydrogens is 194 g/mol. The Labute approximate surface area is 98.4 Å². The number of rotatable bonds is 2. The van der Waals surface area contributed by atoms with Gasteiger partial charge < -0.3 is 5.73 Å². The van der Waals surface area contributed by atoms with Crippen LogP contribution in [0.3, 0.4) is 0 Å². The van der Waals surface area contributed by atoms with Crippen molar-refractivity contribution < 1.29 is 0 Å². The number of hydrogen-bond acceptors (Lipinski definition) is 1. The normalized spacial score (nSPS) is 20.8. The molecule has 1 heteroatoms. The predicted octanol–water partition coefficient (Wildman–Crippen LogP) is 3.75. The molecule has 86 valence electrons. The minimum atomic E-state index is -0.0475. The smallest absolute Gasteiger partial charge is 0.0369 e. The number of benzene rings is 1. The van der Waals surface area contributed by atoms with Gasteiger partial charge >= 0.3 is 0 Å². The van der Waals surface area contributed by atoms with Crippen LogP contribution in [0.5, 0.6) is 0 Å². The van der Waals surface area contributed by atoms with E-state index in [9.17, 15) is 0 Å². The predicted molar refractivity (Wildman–Crippen MR) is 70.1 cm³/mol. The van der Waals surface area contributed by atoms with E-state index in [0.717, 1.165) is 12.8 Å². The molecule has 1 aliphatic carbocycles. The molecule has 1 nitrogen and oxygen atoms in total. The zero-order chi connectivity index (χ0) is 11.4. The van der Waals surface area contributed by atoms with Gasteiger partial charge in [-0.25, -0.2) is 0 Å². The van der Waals surface area contributed by atoms with Crippen LogP contribution in [-0.4, -0.2) is 5.54 Å². The average Bonchev–Trinajstić information content (AvgIpc) is 2.31. The van der Waals surface area contributed by atoms with Gasteiger partial charge in [0.2, 0.25) is 0 Å². The third-order valence-corrected chi connectivity index (χ3v) is 3.71. The highest BCUT2D eigenvalue weighted by Gasteiger charge is 2.28. The summed E-state index contributed by atoms with van der Waals surface area (Å²) in [5.41, 5.74) is 9.03. The Morgan fingerprint density at radius 3 is 2.38 bits per heavy atom. The second-order valence-electron chi connectivity index (χ2n) is 4.95. The quantitative estimate of drug-likeness (QED) is 0.799. The third-order valence-electron chi connectivity index (χ3n) is 3.71. The lowest BCUT2D eigenvalue weighted by molar-refractivity contribution is 0.343. The first-order valence-electron chi connectivity index (χ1n) is 6.23. The van der Waals surface area contributed by atoms with Gasteiger partial charge in [0, 0.05) is 5.54 Å². The van der Waals surface area contributed by atoms with Gasteiger partial charge in [-0.3, -0.25) is 0 Å². The van der Waals surface area contributed by atoms with Crippen molar-refractivity contribution in [3.05, 3.63) is 41.5 Å². The first-order valence-corrected chi connectivity index (χ1v) is 6.23. The van der Waals surface area contributed by atoms with Gasteiger partial charge in [-0.1, -0.05) is 61.2 Å². The van der Waals surface area contributed by atoms with Gasteiger partial charge in [-0.05, 0) is 25.3 Å². The van der Waals surface area contributed by atoms with Crippen molar-refractivity contribution in [1.82, 2.24) is 0 Å². The molecule has 0 radical (unpaired) electrons. The molecule has 16 heavy (non-hydrogen) atoms. The molecule has 1 aliphatic rings. The summed E-state index contributed by atoms with van der Waals surface area (Å²) in [7, 11) is 0. The molecule has 1 aromatic carbocycles. The van der Waals surface area contributed by atoms with E-state index in [1.807, 2.05) is 6.07 Å². The first kappa shape index (κ1) is 11.4. The van der Waals surface area contributed by atoms with Crippen LogP contribution in [0.25, 0.3) is 6.08 Å². The molecule has 0 spiro atoms. The van der Waals surface area contributed by atoms with Crippen molar-refractivity contribution in [3.63, 3.8) is 0 Å². The molecule has 2 rings (SSSR count). The zero-order valence-electron chi connectivity index (χ0n) is 10.1. The standard InChI is InChI=1S/C15H21N/c1-13(12-14-8-4-2-5-9-14)15(16)10-6-3-7-11-15/h2,4-5,8-9,12H,3,6-7,10-11,16H2,1H3/b13-12-. The fourth-order valence-corrected chi connectivity index (χ4v) is 2.52. The van der Waals surface area contributed by atoms with Crippen LogP contribution in [0.1, 0.15) is 44.6 Å². The molecule has 1 saturated carbocycles. The highest BCUT2D eigenvalue weighted by Crippen LogP contribution is 2.32. The summed E-state index contributed by atoms with van der Waals surface area (Å²) < 4.78 is 0. The summed E-state index contributed by atoms with van der Waals surface area (Å²) in [6.07, 6.45) is 8.42. The van der Waals surface area contributed by atoms with Crippen LogP contribution in [-0.2, 0) is 0 Å². The first-order chi connectivity index (χ1) is 7.71. The molecule has 0 amide bonds. The molecule has 0 unspecified atom stereocenters. The largest absolute Gasteiger partial charge is 0.322 e. The fourth-order valence-electron chi connectivity index (χ4n) is 2.52. The lowest BCUT2D eigenvalue weighted by atomic mass is 9.77. The molecule has 0 aromatic heterocycles. The Bertz CT molecular complexity index is 358. The Morgan fingerprint density at radius 1 is 1.12 bits per heavy atom. The maximum absolute atomic E-state index is 6.48. The van der Waals surface area contributed by atoms with E-state index < -0.39 is 0 Å². The van der Waals surface area contributed by atoms with E-state index in [-0.39, 0.29) is 5.54 Å². The van der Waals surface area contributed by atoms with Crippen LogP contribution < -0.4 is 5.73 Å². The van der Waals surface area contributed by atoms with Gasteiger partial charge in [-0.15, -0.1) is 0 Å². The molecule has 1 fully saturated rings. The molecule has 0 atom stereocenters. The van der Waals surface area contributed by atoms with Gasteiger partial charge in [0.15, 0.2) is 0 Å². The summed E-state index contributed by atoms with van der Waals surface area (Å²) in [5, 5.41) is 0. The van der Waals surface area contributed by atoms with E-state index >= 15 is 0 Å². The lowest BCUT2D eigenvalue weighted by Gasteiger charge is -2.34. The van der Waals surface area contributed by atoms with E-state index in [1.54, 1.807) is 0 Å². The summed E-state index contributed by atoms with van der Waals surface area (Å²) in [4.78, 5) is 0. The summed E-state index contributed by atoms with van der Waals surface area (Å²) in [6.45, 7) is 2.18. The SMILES string of the molecule is C/C(=C/c1ccccc1)C1(N)CCCCC1. The number of nitrogens with two attached hydrogens (primary N) is 1. The van der Waals surface area contributed by atoms with Gasteiger partial charge in [0.25, 0.3) is 0 Å². The van der Waals surface area contributed by atoms with Crippen LogP contribution in [0.15, 0.2) is 35.9 Å². The van der Waals surface area contributed by atoms with Gasteiger partial charge in [0.1, 0.15) is 0 Å². The van der Waals surface area contributed by atoms with Crippen LogP contribution in [0.4, 0.5) is 0 Å². The van der Waals surface area contributed by atoms with Crippen molar-refractivity contribution >= 4 is 6.08 Å². The topological polar surface area (TPSA) is 26.0 Å². The average molecular weight is 215 g/mol. The number of hydrogen-bond donors (Lipinski definition) is 1. The minimum absolute atomic E-state index is 0.0475. The third kappa shape index (κ3) is 2.53. The molecule has 1 aromatic rings. The van der Waals surface area contributed by atoms with E-state index in [2.05, 4.69) is 37.3 Å². The summed E-state index contributed by atoms with van der Waals surface area (Å²) >= 11 is 0. The highest BCUT2D eigenvalue weighted by atomic mass is 14.7. The Morgan fingerprint density at radius 2 is 1.75 bits per heavy atom. The minimum Gasteiger partial charge on any atom is -0.322 e. The van der Waals surface area contributed by atoms with E-state index in [1.165, 1.54) is 30.4 Å². The molecular formula is C15H21N. The maximum atomic E-state index is 6.48. The summed E-state index contributed by atoms with van der Waals surface area (Å²) in [5.74, 6) is 0. The van der Waals surface area contributed by atoms with Crippen LogP contribution in [0.2, 0.25) is 0 Å². The van der Waals surface area contributed by atoms with E-state index in [0.29, 0.717) is 0 Å². The maximum Gasteiger partial charge on any atom is 0.0369 e. The second kappa shape index (κ2) is 4.84. The Hall–Kier alpha value is -1.08. The fraction of sp³-hybridized carbons (Fsp3) is 0.467. The molecule has 2 N–H and O–H groups in total. The molecule has 0 saturated heterocycles. The highest BCUT2D eigenvalue weighted by molar-refractivity contribution is 5.54. The Kier molecular flexibility index (Phi) is 3.45. The van der Waals surface area contributed by atoms with Crippen molar-refractivity contribution in [2.45, 2.75) is 44.6 Å². The van der Waals surface area contributed by atoms with Crippen molar-refractivity contribution in [2.75, 3.05) is 0 Å². The van der Waals surface area contributed by atoms with Gasteiger partial charge in [-0.2, -0.15) is 0 Å². The monoisotopic (exact) mass is 215 g/mol. The van der Waals surface area contributed by atoms with Crippen molar-refractivity contribution in [3.8, 4) is 0 Å². The lowest BCUT2D eigenvalue weighted by Crippen LogP contribution is -2.42. The van der Waals surface area contributed by atoms with Crippen LogP contribution >= 0.6 is 0 Å². The molecule has 0 heterocycles. The van der Waals surface area contributed by atoms with E-state index in [4.69, 9.17) is 5.73 Å². The van der Waals surface area contributed by atoms with Gasteiger partial charge in [0.05, 0.1) is 0 Å². The van der Waals surface area contributed by atoms with Crippen LogP contribution in [0, 0.1) is 0 Å². The Balaban J connectivity index is 2.17. The molecule has 0 aliphatic heterocycles. The zero-order valence-corrected chi connectivity index (χ0v) is 10.1. The second-order valence-corrected chi connectivity index (χ2v) is 4.95. The van der Waals surface area contributed by atoms with Crippen molar-refractivity contribution in [2.24, 2.45) is 5.73 Å². The van der Waals surface area contributed by atoms with Crippen molar-refractivity contribution in [1.29, 1.82) is 0 Å². The summed E-state index contributed by atoms with van der Waals surface area (Å²) in [6, 6.07) is 10.5. The molecule has 0 bridgehead atoms.